The molecule has 0 amide bonds. The van der Waals surface area contributed by atoms with Gasteiger partial charge in [0.05, 0.1) is 18.7 Å². The summed E-state index contributed by atoms with van der Waals surface area (Å²) < 4.78 is 42.5. The Bertz CT molecular complexity index is 461. The first-order chi connectivity index (χ1) is 9.73. The van der Waals surface area contributed by atoms with Crippen LogP contribution < -0.4 is 4.90 Å². The van der Waals surface area contributed by atoms with Crippen molar-refractivity contribution in [2.45, 2.75) is 45.8 Å². The van der Waals surface area contributed by atoms with Crippen molar-refractivity contribution < 1.29 is 22.7 Å². The van der Waals surface area contributed by atoms with Gasteiger partial charge in [-0.15, -0.1) is 11.3 Å². The molecule has 1 heterocycles. The summed E-state index contributed by atoms with van der Waals surface area (Å²) in [4.78, 5) is 16.6. The van der Waals surface area contributed by atoms with Crippen LogP contribution in [-0.4, -0.2) is 36.3 Å². The highest BCUT2D eigenvalue weighted by Crippen LogP contribution is 2.27. The van der Waals surface area contributed by atoms with Crippen molar-refractivity contribution in [3.05, 3.63) is 11.1 Å². The van der Waals surface area contributed by atoms with Crippen molar-refractivity contribution in [2.24, 2.45) is 0 Å². The van der Waals surface area contributed by atoms with Gasteiger partial charge in [0.2, 0.25) is 0 Å². The monoisotopic (exact) mass is 324 g/mol. The number of halogens is 3. The van der Waals surface area contributed by atoms with E-state index in [2.05, 4.69) is 4.98 Å². The Balaban J connectivity index is 2.68. The molecule has 0 N–H and O–H groups in total. The summed E-state index contributed by atoms with van der Waals surface area (Å²) in [6.07, 6.45) is -3.73. The molecule has 8 heteroatoms. The molecule has 0 saturated heterocycles. The fourth-order valence-corrected chi connectivity index (χ4v) is 2.66. The van der Waals surface area contributed by atoms with Gasteiger partial charge in [0.1, 0.15) is 6.54 Å². The number of aryl methyl sites for hydroxylation is 1. The fraction of sp³-hybridized carbons (Fsp3) is 0.692. The minimum atomic E-state index is -4.28. The zero-order valence-corrected chi connectivity index (χ0v) is 13.1. The van der Waals surface area contributed by atoms with E-state index in [-0.39, 0.29) is 18.4 Å². The van der Waals surface area contributed by atoms with Crippen molar-refractivity contribution in [1.82, 2.24) is 4.98 Å². The average Bonchev–Trinajstić information content (AvgIpc) is 2.81. The lowest BCUT2D eigenvalue weighted by molar-refractivity contribution is -0.143. The van der Waals surface area contributed by atoms with E-state index in [1.807, 2.05) is 0 Å². The molecule has 1 rings (SSSR count). The second-order valence-corrected chi connectivity index (χ2v) is 5.60. The second-order valence-electron chi connectivity index (χ2n) is 4.76. The summed E-state index contributed by atoms with van der Waals surface area (Å²) in [7, 11) is 0. The fourth-order valence-electron chi connectivity index (χ4n) is 1.67. The Labute approximate surface area is 125 Å². The zero-order chi connectivity index (χ0) is 16.0. The number of esters is 1. The van der Waals surface area contributed by atoms with Crippen LogP contribution >= 0.6 is 11.3 Å². The number of nitrogens with zero attached hydrogens (tertiary/aromatic N) is 2. The number of thiazole rings is 1. The third kappa shape index (κ3) is 6.33. The summed E-state index contributed by atoms with van der Waals surface area (Å²) in [5.74, 6) is -0.331. The first-order valence-corrected chi connectivity index (χ1v) is 7.54. The van der Waals surface area contributed by atoms with E-state index in [0.717, 1.165) is 11.3 Å². The Kier molecular flexibility index (Phi) is 6.44. The van der Waals surface area contributed by atoms with Gasteiger partial charge >= 0.3 is 12.1 Å². The lowest BCUT2D eigenvalue weighted by Gasteiger charge is -2.27. The molecule has 0 atom stereocenters. The number of aromatic nitrogens is 1. The lowest BCUT2D eigenvalue weighted by Crippen LogP contribution is -2.39. The summed E-state index contributed by atoms with van der Waals surface area (Å²) >= 11 is 1.15. The molecule has 1 aromatic heterocycles. The molecule has 1 aromatic rings. The molecule has 0 saturated carbocycles. The van der Waals surface area contributed by atoms with Crippen molar-refractivity contribution in [3.8, 4) is 0 Å². The molecular formula is C13H19F3N2O2S. The van der Waals surface area contributed by atoms with E-state index in [1.54, 1.807) is 26.2 Å². The standard InChI is InChI=1S/C13H19F3N2O2S/c1-4-20-11(19)6-5-10-7-21-12(17-10)18(9(2)3)8-13(14,15)16/h7,9H,4-6,8H2,1-3H3. The van der Waals surface area contributed by atoms with Crippen LogP contribution in [0.15, 0.2) is 5.38 Å². The molecule has 120 valence electrons. The molecule has 4 nitrogen and oxygen atoms in total. The molecule has 0 unspecified atom stereocenters. The third-order valence-corrected chi connectivity index (χ3v) is 3.58. The number of carbonyl (C=O) groups excluding carboxylic acids is 1. The summed E-state index contributed by atoms with van der Waals surface area (Å²) in [6, 6.07) is -0.310. The molecule has 0 aliphatic carbocycles. The van der Waals surface area contributed by atoms with Gasteiger partial charge in [-0.05, 0) is 20.8 Å². The van der Waals surface area contributed by atoms with Crippen LogP contribution in [0.2, 0.25) is 0 Å². The number of ether oxygens (including phenoxy) is 1. The van der Waals surface area contributed by atoms with Crippen molar-refractivity contribution in [1.29, 1.82) is 0 Å². The number of carbonyl (C=O) groups is 1. The van der Waals surface area contributed by atoms with Gasteiger partial charge in [-0.3, -0.25) is 4.79 Å². The summed E-state index contributed by atoms with van der Waals surface area (Å²) in [5, 5.41) is 2.00. The topological polar surface area (TPSA) is 42.4 Å². The number of hydrogen-bond donors (Lipinski definition) is 0. The first-order valence-electron chi connectivity index (χ1n) is 6.66. The third-order valence-electron chi connectivity index (χ3n) is 2.65. The molecule has 0 fully saturated rings. The van der Waals surface area contributed by atoms with Crippen molar-refractivity contribution >= 4 is 22.4 Å². The van der Waals surface area contributed by atoms with E-state index in [4.69, 9.17) is 4.74 Å². The predicted molar refractivity (Wildman–Crippen MR) is 75.6 cm³/mol. The molecular weight excluding hydrogens is 305 g/mol. The number of alkyl halides is 3. The second kappa shape index (κ2) is 7.63. The van der Waals surface area contributed by atoms with Gasteiger partial charge in [-0.25, -0.2) is 4.98 Å². The number of rotatable bonds is 7. The maximum Gasteiger partial charge on any atom is 0.406 e. The van der Waals surface area contributed by atoms with Crippen LogP contribution in [0.3, 0.4) is 0 Å². The van der Waals surface area contributed by atoms with Crippen LogP contribution in [0, 0.1) is 0 Å². The van der Waals surface area contributed by atoms with Crippen LogP contribution in [0.1, 0.15) is 32.9 Å². The molecule has 0 aliphatic heterocycles. The Morgan fingerprint density at radius 2 is 2.14 bits per heavy atom. The largest absolute Gasteiger partial charge is 0.466 e. The molecule has 0 aliphatic rings. The predicted octanol–water partition coefficient (Wildman–Crippen LogP) is 3.42. The highest BCUT2D eigenvalue weighted by Gasteiger charge is 2.33. The SMILES string of the molecule is CCOC(=O)CCc1csc(N(CC(F)(F)F)C(C)C)n1. The number of hydrogen-bond acceptors (Lipinski definition) is 5. The molecule has 0 aromatic carbocycles. The van der Waals surface area contributed by atoms with Crippen molar-refractivity contribution in [3.63, 3.8) is 0 Å². The van der Waals surface area contributed by atoms with Gasteiger partial charge < -0.3 is 9.64 Å². The summed E-state index contributed by atoms with van der Waals surface area (Å²) in [6.45, 7) is 4.37. The Morgan fingerprint density at radius 1 is 1.48 bits per heavy atom. The van der Waals surface area contributed by atoms with E-state index in [9.17, 15) is 18.0 Å². The zero-order valence-electron chi connectivity index (χ0n) is 12.2. The normalized spacial score (nSPS) is 11.8. The maximum absolute atomic E-state index is 12.6. The highest BCUT2D eigenvalue weighted by molar-refractivity contribution is 7.13. The lowest BCUT2D eigenvalue weighted by atomic mass is 10.2. The van der Waals surface area contributed by atoms with E-state index in [0.29, 0.717) is 23.9 Å². The van der Waals surface area contributed by atoms with Crippen LogP contribution in [0.25, 0.3) is 0 Å². The van der Waals surface area contributed by atoms with E-state index < -0.39 is 12.7 Å². The van der Waals surface area contributed by atoms with Crippen LogP contribution in [-0.2, 0) is 16.0 Å². The van der Waals surface area contributed by atoms with Gasteiger partial charge in [-0.2, -0.15) is 13.2 Å². The minimum absolute atomic E-state index is 0.179. The van der Waals surface area contributed by atoms with Crippen LogP contribution in [0.5, 0.6) is 0 Å². The van der Waals surface area contributed by atoms with E-state index in [1.165, 1.54) is 4.90 Å². The van der Waals surface area contributed by atoms with E-state index >= 15 is 0 Å². The molecule has 0 bridgehead atoms. The number of anilines is 1. The Hall–Kier alpha value is -1.31. The van der Waals surface area contributed by atoms with Gasteiger partial charge in [0.25, 0.3) is 0 Å². The quantitative estimate of drug-likeness (QED) is 0.721. The molecule has 21 heavy (non-hydrogen) atoms. The first kappa shape index (κ1) is 17.7. The van der Waals surface area contributed by atoms with Gasteiger partial charge in [0, 0.05) is 17.8 Å². The Morgan fingerprint density at radius 3 is 2.67 bits per heavy atom. The van der Waals surface area contributed by atoms with Gasteiger partial charge in [-0.1, -0.05) is 0 Å². The van der Waals surface area contributed by atoms with Crippen molar-refractivity contribution in [2.75, 3.05) is 18.1 Å². The van der Waals surface area contributed by atoms with Crippen LogP contribution in [0.4, 0.5) is 18.3 Å². The summed E-state index contributed by atoms with van der Waals surface area (Å²) in [5.41, 5.74) is 0.607. The molecule has 0 radical (unpaired) electrons. The highest BCUT2D eigenvalue weighted by atomic mass is 32.1. The minimum Gasteiger partial charge on any atom is -0.466 e. The van der Waals surface area contributed by atoms with Gasteiger partial charge in [0.15, 0.2) is 5.13 Å². The maximum atomic E-state index is 12.6. The molecule has 0 spiro atoms. The average molecular weight is 324 g/mol. The smallest absolute Gasteiger partial charge is 0.406 e.